The van der Waals surface area contributed by atoms with E-state index in [1.807, 2.05) is 47.1 Å². The second kappa shape index (κ2) is 15.1. The molecule has 2 N–H and O–H groups in total. The fourth-order valence-electron chi connectivity index (χ4n) is 6.91. The molecule has 0 aliphatic carbocycles. The van der Waals surface area contributed by atoms with E-state index >= 15 is 17.6 Å². The van der Waals surface area contributed by atoms with Gasteiger partial charge in [0.1, 0.15) is 47.4 Å². The molecule has 0 unspecified atom stereocenters. The van der Waals surface area contributed by atoms with E-state index in [1.54, 1.807) is 50.7 Å². The zero-order valence-electron chi connectivity index (χ0n) is 30.3. The average Bonchev–Trinajstić information content (AvgIpc) is 3.37. The number of alkyl halides is 3. The number of pyridine rings is 2. The van der Waals surface area contributed by atoms with E-state index in [9.17, 15) is 0 Å². The molecule has 0 fully saturated rings. The van der Waals surface area contributed by atoms with Crippen LogP contribution in [0.1, 0.15) is 40.8 Å². The molecule has 7 rings (SSSR count). The molecule has 55 heavy (non-hydrogen) atoms. The smallest absolute Gasteiger partial charge is 0.418 e. The number of nitrogen functional groups attached to an aromatic ring is 1. The molecule has 3 aromatic carbocycles. The Bertz CT molecular complexity index is 2310. The van der Waals surface area contributed by atoms with Gasteiger partial charge < -0.3 is 29.7 Å². The van der Waals surface area contributed by atoms with Crippen molar-refractivity contribution in [3.05, 3.63) is 118 Å². The highest BCUT2D eigenvalue weighted by Gasteiger charge is 2.40. The molecule has 1 atom stereocenters. The predicted octanol–water partition coefficient (Wildman–Crippen LogP) is 8.97. The van der Waals surface area contributed by atoms with E-state index in [0.717, 1.165) is 17.5 Å². The zero-order chi connectivity index (χ0) is 39.0. The second-order valence-corrected chi connectivity index (χ2v) is 13.4. The number of anilines is 3. The van der Waals surface area contributed by atoms with Crippen LogP contribution >= 0.6 is 11.6 Å². The van der Waals surface area contributed by atoms with Crippen LogP contribution in [0.4, 0.5) is 35.0 Å². The molecule has 0 saturated carbocycles. The minimum Gasteiger partial charge on any atom is -0.497 e. The number of rotatable bonds is 10. The van der Waals surface area contributed by atoms with Gasteiger partial charge in [-0.2, -0.15) is 13.2 Å². The van der Waals surface area contributed by atoms with Gasteiger partial charge in [-0.25, -0.2) is 24.3 Å². The van der Waals surface area contributed by atoms with Crippen LogP contribution in [0.15, 0.2) is 79.3 Å². The van der Waals surface area contributed by atoms with Crippen molar-refractivity contribution < 1.29 is 31.8 Å². The van der Waals surface area contributed by atoms with Gasteiger partial charge in [-0.1, -0.05) is 41.9 Å². The van der Waals surface area contributed by atoms with Crippen LogP contribution in [-0.4, -0.2) is 47.3 Å². The number of aryl methyl sites for hydroxylation is 1. The Balaban J connectivity index is 1.41. The molecular formula is C40H36ClF4N7O3. The lowest BCUT2D eigenvalue weighted by molar-refractivity contribution is -0.137. The largest absolute Gasteiger partial charge is 0.497 e. The third kappa shape index (κ3) is 7.21. The van der Waals surface area contributed by atoms with Gasteiger partial charge in [0.25, 0.3) is 0 Å². The van der Waals surface area contributed by atoms with Crippen LogP contribution in [0.3, 0.4) is 0 Å². The number of ether oxygens (including phenoxy) is 3. The maximum atomic E-state index is 17.1. The first-order chi connectivity index (χ1) is 26.4. The van der Waals surface area contributed by atoms with Crippen molar-refractivity contribution in [2.75, 3.05) is 42.9 Å². The summed E-state index contributed by atoms with van der Waals surface area (Å²) in [5.74, 6) is 0.878. The SMILES string of the molecule is COc1ccc(CN(Cc2ccc(OC)cc2)c2cc(C)c(C(F)(F)F)c(-c3c(Cl)c4c5c(ncnc5c3F)N([C@H](C)c3cccnc3N)CCO4)n2)cc1. The molecule has 3 aromatic heterocycles. The minimum absolute atomic E-state index is 0.0386. The monoisotopic (exact) mass is 773 g/mol. The molecule has 0 radical (unpaired) electrons. The Morgan fingerprint density at radius 1 is 0.964 bits per heavy atom. The summed E-state index contributed by atoms with van der Waals surface area (Å²) in [6, 6.07) is 19.1. The molecule has 0 spiro atoms. The molecule has 1 aliphatic heterocycles. The Kier molecular flexibility index (Phi) is 10.3. The van der Waals surface area contributed by atoms with Crippen LogP contribution in [0.2, 0.25) is 5.02 Å². The maximum Gasteiger partial charge on any atom is 0.418 e. The van der Waals surface area contributed by atoms with Crippen LogP contribution in [0.25, 0.3) is 22.2 Å². The summed E-state index contributed by atoms with van der Waals surface area (Å²) in [7, 11) is 3.11. The van der Waals surface area contributed by atoms with Crippen molar-refractivity contribution in [3.8, 4) is 28.5 Å². The summed E-state index contributed by atoms with van der Waals surface area (Å²) in [4.78, 5) is 21.1. The highest BCUT2D eigenvalue weighted by Crippen LogP contribution is 2.50. The van der Waals surface area contributed by atoms with E-state index < -0.39 is 34.9 Å². The lowest BCUT2D eigenvalue weighted by Gasteiger charge is -2.30. The number of nitrogens with zero attached hydrogens (tertiary/aromatic N) is 6. The third-order valence-electron chi connectivity index (χ3n) is 9.65. The molecule has 0 amide bonds. The molecule has 4 heterocycles. The number of halogens is 5. The molecule has 15 heteroatoms. The van der Waals surface area contributed by atoms with Crippen molar-refractivity contribution in [3.63, 3.8) is 0 Å². The number of aromatic nitrogens is 4. The fraction of sp³-hybridized carbons (Fsp3) is 0.250. The van der Waals surface area contributed by atoms with Gasteiger partial charge in [0.05, 0.1) is 54.0 Å². The molecular weight excluding hydrogens is 738 g/mol. The van der Waals surface area contributed by atoms with Crippen LogP contribution in [-0.2, 0) is 19.3 Å². The second-order valence-electron chi connectivity index (χ2n) is 13.0. The molecule has 10 nitrogen and oxygen atoms in total. The summed E-state index contributed by atoms with van der Waals surface area (Å²) in [5.41, 5.74) is 5.68. The number of nitrogens with two attached hydrogens (primary N) is 1. The first-order valence-corrected chi connectivity index (χ1v) is 17.6. The van der Waals surface area contributed by atoms with Gasteiger partial charge in [-0.3, -0.25) is 0 Å². The Labute approximate surface area is 319 Å². The van der Waals surface area contributed by atoms with Gasteiger partial charge in [0.2, 0.25) is 0 Å². The zero-order valence-corrected chi connectivity index (χ0v) is 31.0. The standard InChI is InChI=1S/C40H36ClF4N7O3/c1-22-18-29(51(19-24-7-11-26(53-3)12-8-24)20-25-9-13-27(54-4)14-10-25)50-35(32(22)40(43,44)45)30-33(41)37-31-36(34(30)42)48-21-49-39(31)52(16-17-55-37)23(2)28-6-5-15-47-38(28)46/h5-15,18,21,23H,16-17,19-20H2,1-4H3,(H2,46,47)/t23-/m1/s1. The van der Waals surface area contributed by atoms with E-state index in [-0.39, 0.29) is 65.1 Å². The van der Waals surface area contributed by atoms with Crippen molar-refractivity contribution >= 4 is 40.0 Å². The van der Waals surface area contributed by atoms with Crippen LogP contribution < -0.4 is 29.7 Å². The maximum absolute atomic E-state index is 17.1. The lowest BCUT2D eigenvalue weighted by atomic mass is 9.98. The summed E-state index contributed by atoms with van der Waals surface area (Å²) >= 11 is 6.98. The number of benzene rings is 3. The summed E-state index contributed by atoms with van der Waals surface area (Å²) < 4.78 is 79.1. The third-order valence-corrected chi connectivity index (χ3v) is 10.0. The van der Waals surface area contributed by atoms with E-state index in [2.05, 4.69) is 19.9 Å². The van der Waals surface area contributed by atoms with Crippen molar-refractivity contribution in [2.45, 2.75) is 39.2 Å². The molecule has 6 aromatic rings. The Hall–Kier alpha value is -5.89. The number of hydrogen-bond donors (Lipinski definition) is 1. The normalized spacial score (nSPS) is 13.3. The number of hydrogen-bond acceptors (Lipinski definition) is 10. The lowest BCUT2D eigenvalue weighted by Crippen LogP contribution is -2.31. The highest BCUT2D eigenvalue weighted by molar-refractivity contribution is 6.36. The van der Waals surface area contributed by atoms with Gasteiger partial charge in [-0.05, 0) is 66.9 Å². The van der Waals surface area contributed by atoms with Gasteiger partial charge in [0, 0.05) is 24.8 Å². The topological polar surface area (TPSA) is 112 Å². The molecule has 1 aliphatic rings. The van der Waals surface area contributed by atoms with E-state index in [1.165, 1.54) is 13.0 Å². The molecule has 284 valence electrons. The number of methoxy groups -OCH3 is 2. The summed E-state index contributed by atoms with van der Waals surface area (Å²) in [6.45, 7) is 3.98. The van der Waals surface area contributed by atoms with E-state index in [4.69, 9.17) is 31.5 Å². The summed E-state index contributed by atoms with van der Waals surface area (Å²) in [5, 5.41) is -0.273. The highest BCUT2D eigenvalue weighted by atomic mass is 35.5. The van der Waals surface area contributed by atoms with Gasteiger partial charge in [0.15, 0.2) is 11.6 Å². The fourth-order valence-corrected chi connectivity index (χ4v) is 7.23. The average molecular weight is 774 g/mol. The van der Waals surface area contributed by atoms with Crippen LogP contribution in [0.5, 0.6) is 17.2 Å². The van der Waals surface area contributed by atoms with Gasteiger partial charge in [-0.15, -0.1) is 0 Å². The first-order valence-electron chi connectivity index (χ1n) is 17.2. The quantitative estimate of drug-likeness (QED) is 0.136. The molecule has 0 bridgehead atoms. The Morgan fingerprint density at radius 3 is 2.18 bits per heavy atom. The van der Waals surface area contributed by atoms with Crippen LogP contribution in [0, 0.1) is 12.7 Å². The molecule has 0 saturated heterocycles. The Morgan fingerprint density at radius 2 is 1.60 bits per heavy atom. The van der Waals surface area contributed by atoms with Crippen molar-refractivity contribution in [2.24, 2.45) is 0 Å². The summed E-state index contributed by atoms with van der Waals surface area (Å²) in [6.07, 6.45) is -2.21. The minimum atomic E-state index is -4.94. The predicted molar refractivity (Wildman–Crippen MR) is 203 cm³/mol. The van der Waals surface area contributed by atoms with Gasteiger partial charge >= 0.3 is 6.18 Å². The van der Waals surface area contributed by atoms with Crippen molar-refractivity contribution in [1.82, 2.24) is 19.9 Å². The van der Waals surface area contributed by atoms with E-state index in [0.29, 0.717) is 22.9 Å². The van der Waals surface area contributed by atoms with Crippen molar-refractivity contribution in [1.29, 1.82) is 0 Å². The first kappa shape index (κ1) is 37.4.